The largest absolute Gasteiger partial charge is 0.293 e. The topological polar surface area (TPSA) is 47.8 Å². The van der Waals surface area contributed by atoms with Crippen LogP contribution in [-0.4, -0.2) is 20.8 Å². The minimum Gasteiger partial charge on any atom is -0.293 e. The van der Waals surface area contributed by atoms with Gasteiger partial charge in [0.15, 0.2) is 11.5 Å². The quantitative estimate of drug-likeness (QED) is 0.595. The van der Waals surface area contributed by atoms with E-state index in [0.29, 0.717) is 12.2 Å². The molecule has 0 spiro atoms. The smallest absolute Gasteiger partial charge is 0.182 e. The second kappa shape index (κ2) is 4.74. The Morgan fingerprint density at radius 1 is 1.41 bits per heavy atom. The molecule has 0 saturated heterocycles. The molecule has 0 aliphatic carbocycles. The molecule has 86 valence electrons. The van der Waals surface area contributed by atoms with Crippen molar-refractivity contribution in [1.29, 1.82) is 0 Å². The molecule has 0 bridgehead atoms. The van der Waals surface area contributed by atoms with Crippen molar-refractivity contribution in [3.63, 3.8) is 0 Å². The summed E-state index contributed by atoms with van der Waals surface area (Å²) >= 11 is 0. The van der Waals surface area contributed by atoms with Crippen LogP contribution >= 0.6 is 0 Å². The Labute approximate surface area is 99.6 Å². The highest BCUT2D eigenvalue weighted by Crippen LogP contribution is 2.22. The first-order valence-corrected chi connectivity index (χ1v) is 5.34. The Bertz CT molecular complexity index is 543. The van der Waals surface area contributed by atoms with Crippen LogP contribution in [0.2, 0.25) is 0 Å². The zero-order chi connectivity index (χ0) is 12.3. The summed E-state index contributed by atoms with van der Waals surface area (Å²) in [5, 5.41) is 7.90. The maximum Gasteiger partial charge on any atom is 0.182 e. The molecular formula is C13H13N3O. The van der Waals surface area contributed by atoms with E-state index in [-0.39, 0.29) is 5.78 Å². The normalized spacial score (nSPS) is 10.2. The minimum absolute atomic E-state index is 0.0841. The third-order valence-electron chi connectivity index (χ3n) is 2.42. The fraction of sp³-hybridized carbons (Fsp3) is 0.154. The van der Waals surface area contributed by atoms with Gasteiger partial charge in [-0.15, -0.1) is 11.7 Å². The predicted molar refractivity (Wildman–Crippen MR) is 65.7 cm³/mol. The van der Waals surface area contributed by atoms with E-state index in [2.05, 4.69) is 16.9 Å². The monoisotopic (exact) mass is 227 g/mol. The molecule has 0 amide bonds. The van der Waals surface area contributed by atoms with Crippen LogP contribution in [0, 0.1) is 0 Å². The summed E-state index contributed by atoms with van der Waals surface area (Å²) in [6.07, 6.45) is 1.73. The molecule has 0 unspecified atom stereocenters. The van der Waals surface area contributed by atoms with Crippen LogP contribution < -0.4 is 0 Å². The van der Waals surface area contributed by atoms with E-state index >= 15 is 0 Å². The van der Waals surface area contributed by atoms with Crippen molar-refractivity contribution in [2.75, 3.05) is 0 Å². The van der Waals surface area contributed by atoms with E-state index in [9.17, 15) is 4.79 Å². The van der Waals surface area contributed by atoms with Crippen molar-refractivity contribution >= 4 is 5.78 Å². The number of allylic oxidation sites excluding steroid dienone is 1. The Kier molecular flexibility index (Phi) is 3.14. The van der Waals surface area contributed by atoms with Crippen molar-refractivity contribution < 1.29 is 4.79 Å². The predicted octanol–water partition coefficient (Wildman–Crippen LogP) is 2.33. The van der Waals surface area contributed by atoms with Gasteiger partial charge in [-0.1, -0.05) is 41.6 Å². The fourth-order valence-electron chi connectivity index (χ4n) is 1.68. The maximum absolute atomic E-state index is 11.5. The molecule has 1 heterocycles. The number of hydrogen-bond acceptors (Lipinski definition) is 3. The van der Waals surface area contributed by atoms with Gasteiger partial charge in [-0.05, 0) is 0 Å². The molecule has 17 heavy (non-hydrogen) atoms. The molecule has 4 heteroatoms. The SMILES string of the molecule is C=CCn1nnc(C(C)=O)c1-c1ccccc1. The number of benzene rings is 1. The maximum atomic E-state index is 11.5. The van der Waals surface area contributed by atoms with Gasteiger partial charge in [0.1, 0.15) is 0 Å². The molecule has 0 aliphatic rings. The van der Waals surface area contributed by atoms with E-state index in [1.165, 1.54) is 6.92 Å². The second-order valence-corrected chi connectivity index (χ2v) is 3.68. The lowest BCUT2D eigenvalue weighted by molar-refractivity contribution is 0.101. The van der Waals surface area contributed by atoms with Crippen LogP contribution in [0.4, 0.5) is 0 Å². The average Bonchev–Trinajstić information content (AvgIpc) is 2.74. The van der Waals surface area contributed by atoms with Gasteiger partial charge in [0.2, 0.25) is 0 Å². The zero-order valence-corrected chi connectivity index (χ0v) is 9.63. The summed E-state index contributed by atoms with van der Waals surface area (Å²) in [5.74, 6) is -0.0841. The summed E-state index contributed by atoms with van der Waals surface area (Å²) in [5.41, 5.74) is 2.08. The van der Waals surface area contributed by atoms with E-state index in [1.54, 1.807) is 10.8 Å². The first-order valence-electron chi connectivity index (χ1n) is 5.34. The van der Waals surface area contributed by atoms with Crippen molar-refractivity contribution in [2.45, 2.75) is 13.5 Å². The first-order chi connectivity index (χ1) is 8.24. The number of Topliss-reactive ketones (excluding diaryl/α,β-unsaturated/α-hetero) is 1. The van der Waals surface area contributed by atoms with Crippen molar-refractivity contribution in [3.8, 4) is 11.3 Å². The van der Waals surface area contributed by atoms with Gasteiger partial charge in [-0.2, -0.15) is 0 Å². The number of rotatable bonds is 4. The number of carbonyl (C=O) groups is 1. The number of ketones is 1. The summed E-state index contributed by atoms with van der Waals surface area (Å²) in [7, 11) is 0. The number of nitrogens with zero attached hydrogens (tertiary/aromatic N) is 3. The average molecular weight is 227 g/mol. The van der Waals surface area contributed by atoms with Crippen LogP contribution in [0.25, 0.3) is 11.3 Å². The van der Waals surface area contributed by atoms with Gasteiger partial charge in [-0.3, -0.25) is 4.79 Å². The Morgan fingerprint density at radius 2 is 2.12 bits per heavy atom. The highest BCUT2D eigenvalue weighted by Gasteiger charge is 2.17. The summed E-state index contributed by atoms with van der Waals surface area (Å²) < 4.78 is 1.68. The van der Waals surface area contributed by atoms with Crippen LogP contribution in [0.15, 0.2) is 43.0 Å². The fourth-order valence-corrected chi connectivity index (χ4v) is 1.68. The molecular weight excluding hydrogens is 214 g/mol. The molecule has 1 aromatic heterocycles. The Hall–Kier alpha value is -2.23. The van der Waals surface area contributed by atoms with Gasteiger partial charge in [-0.25, -0.2) is 4.68 Å². The molecule has 0 aliphatic heterocycles. The van der Waals surface area contributed by atoms with E-state index in [0.717, 1.165) is 11.3 Å². The van der Waals surface area contributed by atoms with Gasteiger partial charge < -0.3 is 0 Å². The van der Waals surface area contributed by atoms with E-state index in [4.69, 9.17) is 0 Å². The minimum atomic E-state index is -0.0841. The molecule has 0 radical (unpaired) electrons. The Balaban J connectivity index is 2.60. The molecule has 4 nitrogen and oxygen atoms in total. The third kappa shape index (κ3) is 2.15. The van der Waals surface area contributed by atoms with Crippen LogP contribution in [0.3, 0.4) is 0 Å². The molecule has 2 rings (SSSR count). The Morgan fingerprint density at radius 3 is 2.71 bits per heavy atom. The molecule has 0 saturated carbocycles. The highest BCUT2D eigenvalue weighted by molar-refractivity contribution is 5.97. The molecule has 0 N–H and O–H groups in total. The highest BCUT2D eigenvalue weighted by atomic mass is 16.1. The second-order valence-electron chi connectivity index (χ2n) is 3.68. The molecule has 0 fully saturated rings. The van der Waals surface area contributed by atoms with Crippen molar-refractivity contribution in [3.05, 3.63) is 48.7 Å². The van der Waals surface area contributed by atoms with Crippen LogP contribution in [0.5, 0.6) is 0 Å². The summed E-state index contributed by atoms with van der Waals surface area (Å²) in [4.78, 5) is 11.5. The molecule has 1 aromatic carbocycles. The lowest BCUT2D eigenvalue weighted by Crippen LogP contribution is -2.02. The lowest BCUT2D eigenvalue weighted by Gasteiger charge is -2.04. The number of aromatic nitrogens is 3. The van der Waals surface area contributed by atoms with Gasteiger partial charge >= 0.3 is 0 Å². The van der Waals surface area contributed by atoms with Crippen LogP contribution in [-0.2, 0) is 6.54 Å². The van der Waals surface area contributed by atoms with Crippen molar-refractivity contribution in [1.82, 2.24) is 15.0 Å². The van der Waals surface area contributed by atoms with Crippen molar-refractivity contribution in [2.24, 2.45) is 0 Å². The van der Waals surface area contributed by atoms with E-state index in [1.807, 2.05) is 30.3 Å². The lowest BCUT2D eigenvalue weighted by atomic mass is 10.1. The number of carbonyl (C=O) groups excluding carboxylic acids is 1. The van der Waals surface area contributed by atoms with Gasteiger partial charge in [0.05, 0.1) is 12.2 Å². The summed E-state index contributed by atoms with van der Waals surface area (Å²) in [6.45, 7) is 5.70. The van der Waals surface area contributed by atoms with Gasteiger partial charge in [0, 0.05) is 12.5 Å². The summed E-state index contributed by atoms with van der Waals surface area (Å²) in [6, 6.07) is 9.64. The van der Waals surface area contributed by atoms with Crippen LogP contribution in [0.1, 0.15) is 17.4 Å². The van der Waals surface area contributed by atoms with Gasteiger partial charge in [0.25, 0.3) is 0 Å². The number of hydrogen-bond donors (Lipinski definition) is 0. The zero-order valence-electron chi connectivity index (χ0n) is 9.63. The molecule has 0 atom stereocenters. The van der Waals surface area contributed by atoms with E-state index < -0.39 is 0 Å². The third-order valence-corrected chi connectivity index (χ3v) is 2.42. The standard InChI is InChI=1S/C13H13N3O/c1-3-9-16-13(11-7-5-4-6-8-11)12(10(2)17)14-15-16/h3-8H,1,9H2,2H3. The molecule has 2 aromatic rings. The first kappa shape index (κ1) is 11.3.